The lowest BCUT2D eigenvalue weighted by atomic mass is 10.2. The number of pyridine rings is 4. The smallest absolute Gasteiger partial charge is 0.297 e. The van der Waals surface area contributed by atoms with Crippen LogP contribution < -0.4 is 18.9 Å². The number of aromatic nitrogens is 4. The van der Waals surface area contributed by atoms with Crippen LogP contribution in [0, 0.1) is 41.1 Å². The maximum atomic E-state index is 11.6. The van der Waals surface area contributed by atoms with E-state index in [1.54, 1.807) is 38.3 Å². The molecule has 4 aromatic rings. The van der Waals surface area contributed by atoms with Crippen molar-refractivity contribution >= 4 is 59.5 Å². The largest absolute Gasteiger partial charge is 0.618 e. The predicted molar refractivity (Wildman–Crippen MR) is 157 cm³/mol. The van der Waals surface area contributed by atoms with E-state index in [2.05, 4.69) is 51.9 Å². The van der Waals surface area contributed by atoms with Crippen molar-refractivity contribution in [3.8, 4) is 22.8 Å². The molecular formula is C23H21Br3N6O10. The molecule has 0 aromatic carbocycles. The summed E-state index contributed by atoms with van der Waals surface area (Å²) in [4.78, 5) is 19.8. The Labute approximate surface area is 263 Å². The van der Waals surface area contributed by atoms with Gasteiger partial charge in [-0.1, -0.05) is 31.9 Å². The lowest BCUT2D eigenvalue weighted by Gasteiger charge is -2.05. The van der Waals surface area contributed by atoms with E-state index < -0.39 is 21.2 Å². The highest BCUT2D eigenvalue weighted by molar-refractivity contribution is 9.10. The van der Waals surface area contributed by atoms with Crippen molar-refractivity contribution in [3.63, 3.8) is 0 Å². The molecule has 0 atom stereocenters. The number of aliphatic hydroxyl groups is 1. The summed E-state index contributed by atoms with van der Waals surface area (Å²) in [6.07, 6.45) is 4.40. The molecule has 0 amide bonds. The zero-order valence-electron chi connectivity index (χ0n) is 21.6. The molecule has 0 unspecified atom stereocenters. The SMILES string of the molecule is CCO.COBr.O=[N+]([O-])c1cc[n+]([O-])c(-c2cc([N+](=O)[O-])cc[n+]2[O-])c1.[O-][n+]1ccc(Br)cc1-c1cc(Br)cc[n+]1[O-]. The van der Waals surface area contributed by atoms with E-state index in [0.717, 1.165) is 45.6 Å². The third kappa shape index (κ3) is 10.7. The summed E-state index contributed by atoms with van der Waals surface area (Å²) in [5.41, 5.74) is -0.913. The van der Waals surface area contributed by atoms with Crippen molar-refractivity contribution in [3.05, 3.63) is 123 Å². The van der Waals surface area contributed by atoms with Gasteiger partial charge in [0.2, 0.25) is 0 Å². The fourth-order valence-corrected chi connectivity index (χ4v) is 3.52. The lowest BCUT2D eigenvalue weighted by molar-refractivity contribution is -0.626. The first-order valence-electron chi connectivity index (χ1n) is 11.1. The van der Waals surface area contributed by atoms with Gasteiger partial charge in [0.1, 0.15) is 0 Å². The van der Waals surface area contributed by atoms with Crippen molar-refractivity contribution in [2.24, 2.45) is 0 Å². The predicted octanol–water partition coefficient (Wildman–Crippen LogP) is 3.52. The van der Waals surface area contributed by atoms with Crippen LogP contribution in [0.1, 0.15) is 6.92 Å². The van der Waals surface area contributed by atoms with Gasteiger partial charge in [0.05, 0.1) is 57.5 Å². The van der Waals surface area contributed by atoms with Gasteiger partial charge in [-0.2, -0.15) is 18.9 Å². The Kier molecular flexibility index (Phi) is 15.2. The summed E-state index contributed by atoms with van der Waals surface area (Å²) in [5.74, 6) is 0. The van der Waals surface area contributed by atoms with Crippen molar-refractivity contribution in [2.75, 3.05) is 13.7 Å². The second-order valence-corrected chi connectivity index (χ2v) is 9.77. The Balaban J connectivity index is 0.000000359. The van der Waals surface area contributed by atoms with Gasteiger partial charge in [0, 0.05) is 39.8 Å². The van der Waals surface area contributed by atoms with Crippen LogP contribution in [0.4, 0.5) is 11.4 Å². The Bertz CT molecular complexity index is 1420. The molecule has 0 bridgehead atoms. The summed E-state index contributed by atoms with van der Waals surface area (Å²) in [7, 11) is 1.54. The normalized spacial score (nSPS) is 9.67. The van der Waals surface area contributed by atoms with Crippen LogP contribution >= 0.6 is 48.1 Å². The molecule has 0 radical (unpaired) electrons. The number of hydrogen-bond acceptors (Lipinski definition) is 10. The number of nitrogens with zero attached hydrogens (tertiary/aromatic N) is 6. The summed E-state index contributed by atoms with van der Waals surface area (Å²) in [6, 6.07) is 10.1. The van der Waals surface area contributed by atoms with Crippen molar-refractivity contribution in [1.29, 1.82) is 0 Å². The molecule has 0 aliphatic rings. The van der Waals surface area contributed by atoms with Crippen LogP contribution in [0.2, 0.25) is 0 Å². The summed E-state index contributed by atoms with van der Waals surface area (Å²) >= 11 is 9.17. The molecule has 0 saturated carbocycles. The van der Waals surface area contributed by atoms with Gasteiger partial charge in [0.25, 0.3) is 34.2 Å². The maximum Gasteiger partial charge on any atom is 0.297 e. The van der Waals surface area contributed by atoms with Gasteiger partial charge < -0.3 is 29.8 Å². The van der Waals surface area contributed by atoms with E-state index in [4.69, 9.17) is 5.11 Å². The van der Waals surface area contributed by atoms with Gasteiger partial charge in [-0.3, -0.25) is 20.2 Å². The second kappa shape index (κ2) is 17.7. The Morgan fingerprint density at radius 2 is 0.929 bits per heavy atom. The molecule has 16 nitrogen and oxygen atoms in total. The lowest BCUT2D eigenvalue weighted by Crippen LogP contribution is -2.36. The molecule has 0 saturated heterocycles. The molecule has 4 heterocycles. The zero-order valence-corrected chi connectivity index (χ0v) is 26.3. The van der Waals surface area contributed by atoms with Crippen molar-refractivity contribution < 1.29 is 37.7 Å². The third-order valence-corrected chi connectivity index (χ3v) is 5.50. The summed E-state index contributed by atoms with van der Waals surface area (Å²) < 4.78 is 7.31. The average molecular weight is 781 g/mol. The molecule has 0 aliphatic heterocycles. The number of aliphatic hydroxyl groups excluding tert-OH is 1. The van der Waals surface area contributed by atoms with Crippen LogP contribution in [0.3, 0.4) is 0 Å². The van der Waals surface area contributed by atoms with Crippen LogP contribution in [0.15, 0.2) is 82.3 Å². The first-order chi connectivity index (χ1) is 19.8. The summed E-state index contributed by atoms with van der Waals surface area (Å²) in [6.45, 7) is 1.93. The van der Waals surface area contributed by atoms with Gasteiger partial charge in [0.15, 0.2) is 24.8 Å². The highest BCUT2D eigenvalue weighted by Crippen LogP contribution is 2.21. The molecule has 224 valence electrons. The molecule has 0 fully saturated rings. The van der Waals surface area contributed by atoms with E-state index in [9.17, 15) is 41.1 Å². The standard InChI is InChI=1S/C10H6Br2N2O2.C10H6N4O6.C2H6O.CH3BrO/c11-7-1-3-13(15)9(5-7)10-6-8(12)2-4-14(10)16;15-11-3-1-7(13(17)18)5-9(11)10-6-8(14(19)20)2-4-12(10)16;1-2-3;1-3-2/h1-6H;1-6H;3H,2H2,1H3;1H3. The molecule has 42 heavy (non-hydrogen) atoms. The van der Waals surface area contributed by atoms with E-state index in [1.165, 1.54) is 12.4 Å². The maximum absolute atomic E-state index is 11.6. The fraction of sp³-hybridized carbons (Fsp3) is 0.130. The van der Waals surface area contributed by atoms with E-state index in [0.29, 0.717) is 20.8 Å². The van der Waals surface area contributed by atoms with Crippen LogP contribution in [0.5, 0.6) is 0 Å². The molecule has 0 aliphatic carbocycles. The average Bonchev–Trinajstić information content (AvgIpc) is 2.93. The molecule has 0 spiro atoms. The topological polar surface area (TPSA) is 224 Å². The quantitative estimate of drug-likeness (QED) is 0.137. The number of halogens is 3. The van der Waals surface area contributed by atoms with Crippen LogP contribution in [-0.4, -0.2) is 28.7 Å². The fourth-order valence-electron chi connectivity index (χ4n) is 2.85. The number of hydrogen-bond donors (Lipinski definition) is 1. The first kappa shape index (κ1) is 36.0. The van der Waals surface area contributed by atoms with Crippen molar-refractivity contribution in [2.45, 2.75) is 6.92 Å². The van der Waals surface area contributed by atoms with Crippen LogP contribution in [-0.2, 0) is 3.83 Å². The third-order valence-electron chi connectivity index (χ3n) is 4.51. The van der Waals surface area contributed by atoms with Crippen molar-refractivity contribution in [1.82, 2.24) is 0 Å². The van der Waals surface area contributed by atoms with Gasteiger partial charge in [-0.05, 0) is 6.92 Å². The first-order valence-corrected chi connectivity index (χ1v) is 13.3. The Morgan fingerprint density at radius 3 is 1.19 bits per heavy atom. The Morgan fingerprint density at radius 1 is 0.690 bits per heavy atom. The van der Waals surface area contributed by atoms with Crippen LogP contribution in [0.25, 0.3) is 22.8 Å². The molecule has 19 heteroatoms. The van der Waals surface area contributed by atoms with Gasteiger partial charge in [-0.15, -0.1) is 0 Å². The molecule has 4 rings (SSSR count). The minimum atomic E-state index is -0.740. The number of nitro groups is 2. The molecular weight excluding hydrogens is 760 g/mol. The van der Waals surface area contributed by atoms with E-state index >= 15 is 0 Å². The van der Waals surface area contributed by atoms with E-state index in [-0.39, 0.29) is 27.5 Å². The highest BCUT2D eigenvalue weighted by atomic mass is 79.9. The van der Waals surface area contributed by atoms with Gasteiger partial charge >= 0.3 is 0 Å². The highest BCUT2D eigenvalue weighted by Gasteiger charge is 2.25. The van der Waals surface area contributed by atoms with Gasteiger partial charge in [-0.25, -0.2) is 0 Å². The zero-order chi connectivity index (χ0) is 32.0. The minimum absolute atomic E-state index is 0.223. The minimum Gasteiger partial charge on any atom is -0.618 e. The second-order valence-electron chi connectivity index (χ2n) is 7.29. The number of rotatable bonds is 4. The molecule has 1 N–H and O–H groups in total. The summed E-state index contributed by atoms with van der Waals surface area (Å²) in [5, 5.41) is 75.2. The molecule has 4 aromatic heterocycles. The monoisotopic (exact) mass is 778 g/mol. The Hall–Kier alpha value is -4.04. The van der Waals surface area contributed by atoms with E-state index in [1.807, 2.05) is 0 Å².